The van der Waals surface area contributed by atoms with Crippen LogP contribution in [0.5, 0.6) is 5.75 Å². The molecule has 0 aromatic heterocycles. The first-order valence-corrected chi connectivity index (χ1v) is 6.23. The van der Waals surface area contributed by atoms with Crippen molar-refractivity contribution in [2.24, 2.45) is 5.92 Å². The lowest BCUT2D eigenvalue weighted by molar-refractivity contribution is 0.140. The van der Waals surface area contributed by atoms with E-state index < -0.39 is 11.9 Å². The summed E-state index contributed by atoms with van der Waals surface area (Å²) in [6, 6.07) is 4.92. The van der Waals surface area contributed by atoms with Crippen molar-refractivity contribution < 1.29 is 14.2 Å². The van der Waals surface area contributed by atoms with Gasteiger partial charge in [0.25, 0.3) is 0 Å². The van der Waals surface area contributed by atoms with Crippen molar-refractivity contribution in [2.45, 2.75) is 38.2 Å². The summed E-state index contributed by atoms with van der Waals surface area (Å²) >= 11 is 0. The van der Waals surface area contributed by atoms with Crippen LogP contribution in [0.25, 0.3) is 0 Å². The molecule has 1 fully saturated rings. The maximum absolute atomic E-state index is 13.9. The van der Waals surface area contributed by atoms with Crippen LogP contribution in [0.1, 0.15) is 43.8 Å². The summed E-state index contributed by atoms with van der Waals surface area (Å²) in [6.07, 6.45) is 4.72. The van der Waals surface area contributed by atoms with Gasteiger partial charge in [-0.15, -0.1) is 0 Å². The summed E-state index contributed by atoms with van der Waals surface area (Å²) in [6.45, 7) is 0. The number of benzene rings is 1. The van der Waals surface area contributed by atoms with Crippen molar-refractivity contribution in [1.82, 2.24) is 0 Å². The van der Waals surface area contributed by atoms with E-state index in [2.05, 4.69) is 0 Å². The van der Waals surface area contributed by atoms with Gasteiger partial charge in [0.2, 0.25) is 0 Å². The molecular formula is C14H19FO2. The zero-order chi connectivity index (χ0) is 12.3. The van der Waals surface area contributed by atoms with Gasteiger partial charge in [0.05, 0.1) is 13.2 Å². The molecule has 2 nitrogen and oxygen atoms in total. The number of aliphatic hydroxyl groups excluding tert-OH is 1. The smallest absolute Gasteiger partial charge is 0.170 e. The molecule has 1 aromatic carbocycles. The van der Waals surface area contributed by atoms with E-state index in [1.54, 1.807) is 18.2 Å². The highest BCUT2D eigenvalue weighted by Crippen LogP contribution is 2.34. The van der Waals surface area contributed by atoms with Crippen LogP contribution >= 0.6 is 0 Å². The third-order valence-electron chi connectivity index (χ3n) is 3.60. The first kappa shape index (κ1) is 12.4. The standard InChI is InChI=1S/C14H19FO2/c1-17-13-8-4-7-11(14(13)15)12(16)9-10-5-2-3-6-10/h4,7-8,10,12,16H,2-3,5-6,9H2,1H3. The zero-order valence-electron chi connectivity index (χ0n) is 10.2. The van der Waals surface area contributed by atoms with Crippen LogP contribution in [0.15, 0.2) is 18.2 Å². The van der Waals surface area contributed by atoms with E-state index in [9.17, 15) is 9.50 Å². The van der Waals surface area contributed by atoms with Gasteiger partial charge in [-0.05, 0) is 18.4 Å². The highest BCUT2D eigenvalue weighted by molar-refractivity contribution is 5.32. The zero-order valence-corrected chi connectivity index (χ0v) is 10.2. The fourth-order valence-electron chi connectivity index (χ4n) is 2.63. The number of hydrogen-bond acceptors (Lipinski definition) is 2. The Balaban J connectivity index is 2.09. The lowest BCUT2D eigenvalue weighted by Gasteiger charge is -2.17. The van der Waals surface area contributed by atoms with Crippen LogP contribution in [-0.4, -0.2) is 12.2 Å². The van der Waals surface area contributed by atoms with Crippen molar-refractivity contribution in [1.29, 1.82) is 0 Å². The minimum atomic E-state index is -0.715. The first-order chi connectivity index (χ1) is 8.22. The van der Waals surface area contributed by atoms with Gasteiger partial charge < -0.3 is 9.84 Å². The Kier molecular flexibility index (Phi) is 4.00. The Morgan fingerprint density at radius 1 is 1.41 bits per heavy atom. The van der Waals surface area contributed by atoms with E-state index in [-0.39, 0.29) is 5.75 Å². The van der Waals surface area contributed by atoms with Gasteiger partial charge in [-0.3, -0.25) is 0 Å². The van der Waals surface area contributed by atoms with Crippen LogP contribution in [0.2, 0.25) is 0 Å². The Morgan fingerprint density at radius 3 is 2.76 bits per heavy atom. The van der Waals surface area contributed by atoms with E-state index >= 15 is 0 Å². The highest BCUT2D eigenvalue weighted by Gasteiger charge is 2.22. The van der Waals surface area contributed by atoms with Crippen LogP contribution < -0.4 is 4.74 Å². The molecule has 17 heavy (non-hydrogen) atoms. The van der Waals surface area contributed by atoms with Crippen LogP contribution in [-0.2, 0) is 0 Å². The molecule has 0 saturated heterocycles. The number of aliphatic hydroxyl groups is 1. The van der Waals surface area contributed by atoms with Crippen LogP contribution in [0.4, 0.5) is 4.39 Å². The largest absolute Gasteiger partial charge is 0.494 e. The summed E-state index contributed by atoms with van der Waals surface area (Å²) in [4.78, 5) is 0. The number of hydrogen-bond donors (Lipinski definition) is 1. The van der Waals surface area contributed by atoms with E-state index in [4.69, 9.17) is 4.74 Å². The van der Waals surface area contributed by atoms with E-state index in [1.165, 1.54) is 20.0 Å². The van der Waals surface area contributed by atoms with Crippen molar-refractivity contribution >= 4 is 0 Å². The molecule has 1 atom stereocenters. The van der Waals surface area contributed by atoms with Crippen LogP contribution in [0, 0.1) is 11.7 Å². The third-order valence-corrected chi connectivity index (χ3v) is 3.60. The monoisotopic (exact) mass is 238 g/mol. The van der Waals surface area contributed by atoms with Gasteiger partial charge in [-0.1, -0.05) is 37.8 Å². The molecular weight excluding hydrogens is 219 g/mol. The molecule has 1 unspecified atom stereocenters. The van der Waals surface area contributed by atoms with Crippen molar-refractivity contribution in [3.63, 3.8) is 0 Å². The normalized spacial score (nSPS) is 18.3. The summed E-state index contributed by atoms with van der Waals surface area (Å²) in [5.74, 6) is 0.309. The number of ether oxygens (including phenoxy) is 1. The molecule has 0 heterocycles. The second kappa shape index (κ2) is 5.50. The number of methoxy groups -OCH3 is 1. The predicted molar refractivity (Wildman–Crippen MR) is 64.5 cm³/mol. The average Bonchev–Trinajstić information content (AvgIpc) is 2.82. The fourth-order valence-corrected chi connectivity index (χ4v) is 2.63. The van der Waals surface area contributed by atoms with Gasteiger partial charge in [-0.2, -0.15) is 0 Å². The quantitative estimate of drug-likeness (QED) is 0.870. The van der Waals surface area contributed by atoms with E-state index in [0.717, 1.165) is 12.8 Å². The van der Waals surface area contributed by atoms with Gasteiger partial charge in [0, 0.05) is 5.56 Å². The van der Waals surface area contributed by atoms with Gasteiger partial charge in [0.15, 0.2) is 11.6 Å². The molecule has 1 N–H and O–H groups in total. The molecule has 0 amide bonds. The summed E-state index contributed by atoms with van der Waals surface area (Å²) in [5, 5.41) is 10.1. The van der Waals surface area contributed by atoms with Crippen molar-refractivity contribution in [3.05, 3.63) is 29.6 Å². The van der Waals surface area contributed by atoms with Gasteiger partial charge >= 0.3 is 0 Å². The number of rotatable bonds is 4. The number of halogens is 1. The lowest BCUT2D eigenvalue weighted by atomic mass is 9.95. The highest BCUT2D eigenvalue weighted by atomic mass is 19.1. The maximum atomic E-state index is 13.9. The summed E-state index contributed by atoms with van der Waals surface area (Å²) < 4.78 is 18.8. The molecule has 0 bridgehead atoms. The molecule has 1 aliphatic carbocycles. The summed E-state index contributed by atoms with van der Waals surface area (Å²) in [7, 11) is 1.44. The minimum absolute atomic E-state index is 0.202. The second-order valence-electron chi connectivity index (χ2n) is 4.77. The first-order valence-electron chi connectivity index (χ1n) is 6.23. The molecule has 0 spiro atoms. The molecule has 1 aromatic rings. The third kappa shape index (κ3) is 2.78. The molecule has 2 rings (SSSR count). The molecule has 94 valence electrons. The Bertz CT molecular complexity index is 372. The molecule has 0 aliphatic heterocycles. The topological polar surface area (TPSA) is 29.5 Å². The molecule has 1 aliphatic rings. The Hall–Kier alpha value is -1.09. The fraction of sp³-hybridized carbons (Fsp3) is 0.571. The molecule has 0 radical (unpaired) electrons. The maximum Gasteiger partial charge on any atom is 0.170 e. The molecule has 3 heteroatoms. The van der Waals surface area contributed by atoms with E-state index in [0.29, 0.717) is 17.9 Å². The lowest BCUT2D eigenvalue weighted by Crippen LogP contribution is -2.07. The van der Waals surface area contributed by atoms with Crippen LogP contribution in [0.3, 0.4) is 0 Å². The van der Waals surface area contributed by atoms with Gasteiger partial charge in [-0.25, -0.2) is 4.39 Å². The van der Waals surface area contributed by atoms with Crippen molar-refractivity contribution in [3.8, 4) is 5.75 Å². The Morgan fingerprint density at radius 2 is 2.12 bits per heavy atom. The summed E-state index contributed by atoms with van der Waals surface area (Å²) in [5.41, 5.74) is 0.358. The second-order valence-corrected chi connectivity index (χ2v) is 4.77. The van der Waals surface area contributed by atoms with Gasteiger partial charge in [0.1, 0.15) is 0 Å². The SMILES string of the molecule is COc1cccc(C(O)CC2CCCC2)c1F. The molecule has 1 saturated carbocycles. The van der Waals surface area contributed by atoms with E-state index in [1.807, 2.05) is 0 Å². The average molecular weight is 238 g/mol. The van der Waals surface area contributed by atoms with Crippen molar-refractivity contribution in [2.75, 3.05) is 7.11 Å². The Labute approximate surface area is 101 Å². The minimum Gasteiger partial charge on any atom is -0.494 e. The predicted octanol–water partition coefficient (Wildman–Crippen LogP) is 3.45.